The molecule has 0 bridgehead atoms. The molecule has 0 saturated heterocycles. The number of rotatable bonds is 18. The molecular formula is C23H45N5O5S. The first-order valence-electron chi connectivity index (χ1n) is 12.1. The summed E-state index contributed by atoms with van der Waals surface area (Å²) in [4.78, 5) is 50.4. The molecule has 0 fully saturated rings. The summed E-state index contributed by atoms with van der Waals surface area (Å²) < 4.78 is 0. The molecule has 10 nitrogen and oxygen atoms in total. The zero-order chi connectivity index (χ0) is 26.3. The van der Waals surface area contributed by atoms with Crippen molar-refractivity contribution in [1.29, 1.82) is 0 Å². The Morgan fingerprint density at radius 1 is 0.853 bits per heavy atom. The first-order valence-corrected chi connectivity index (χ1v) is 13.5. The zero-order valence-electron chi connectivity index (χ0n) is 21.3. The number of hydrogen-bond acceptors (Lipinski definition) is 7. The maximum absolute atomic E-state index is 13.2. The van der Waals surface area contributed by atoms with Gasteiger partial charge in [0.1, 0.15) is 18.1 Å². The molecule has 0 spiro atoms. The molecule has 6 unspecified atom stereocenters. The minimum absolute atomic E-state index is 0.200. The second-order valence-corrected chi connectivity index (χ2v) is 9.80. The lowest BCUT2D eigenvalue weighted by atomic mass is 9.94. The van der Waals surface area contributed by atoms with Crippen molar-refractivity contribution in [3.63, 3.8) is 0 Å². The molecule has 0 saturated carbocycles. The normalized spacial score (nSPS) is 16.4. The van der Waals surface area contributed by atoms with Crippen LogP contribution in [0.25, 0.3) is 0 Å². The Kier molecular flexibility index (Phi) is 16.6. The monoisotopic (exact) mass is 503 g/mol. The van der Waals surface area contributed by atoms with Gasteiger partial charge in [-0.25, -0.2) is 4.79 Å². The fourth-order valence-electron chi connectivity index (χ4n) is 3.30. The molecule has 34 heavy (non-hydrogen) atoms. The lowest BCUT2D eigenvalue weighted by Gasteiger charge is -2.30. The van der Waals surface area contributed by atoms with E-state index in [1.54, 1.807) is 0 Å². The number of aliphatic carboxylic acids is 1. The number of nitrogens with one attached hydrogen (secondary N) is 3. The summed E-state index contributed by atoms with van der Waals surface area (Å²) in [5, 5.41) is 17.5. The summed E-state index contributed by atoms with van der Waals surface area (Å²) in [5.41, 5.74) is 11.5. The smallest absolute Gasteiger partial charge is 0.326 e. The first-order chi connectivity index (χ1) is 16.0. The van der Waals surface area contributed by atoms with E-state index in [9.17, 15) is 24.3 Å². The predicted molar refractivity (Wildman–Crippen MR) is 136 cm³/mol. The number of carbonyl (C=O) groups excluding carboxylic acids is 3. The van der Waals surface area contributed by atoms with Crippen LogP contribution >= 0.6 is 11.8 Å². The molecule has 0 aliphatic heterocycles. The highest BCUT2D eigenvalue weighted by Crippen LogP contribution is 2.13. The quantitative estimate of drug-likeness (QED) is 0.149. The second-order valence-electron chi connectivity index (χ2n) is 8.82. The van der Waals surface area contributed by atoms with Crippen molar-refractivity contribution in [3.8, 4) is 0 Å². The number of carboxylic acids is 1. The minimum Gasteiger partial charge on any atom is -0.480 e. The number of unbranched alkanes of at least 4 members (excludes halogenated alkanes) is 1. The van der Waals surface area contributed by atoms with E-state index in [2.05, 4.69) is 16.0 Å². The van der Waals surface area contributed by atoms with E-state index >= 15 is 0 Å². The molecule has 198 valence electrons. The van der Waals surface area contributed by atoms with Crippen molar-refractivity contribution in [2.24, 2.45) is 23.3 Å². The molecule has 0 aliphatic rings. The lowest BCUT2D eigenvalue weighted by molar-refractivity contribution is -0.142. The predicted octanol–water partition coefficient (Wildman–Crippen LogP) is 0.827. The van der Waals surface area contributed by atoms with Gasteiger partial charge in [0.25, 0.3) is 0 Å². The van der Waals surface area contributed by atoms with Crippen molar-refractivity contribution in [1.82, 2.24) is 16.0 Å². The van der Waals surface area contributed by atoms with E-state index in [0.717, 1.165) is 6.42 Å². The van der Waals surface area contributed by atoms with Crippen molar-refractivity contribution < 1.29 is 24.3 Å². The molecule has 0 aromatic rings. The number of amides is 3. The Balaban J connectivity index is 5.48. The lowest BCUT2D eigenvalue weighted by Crippen LogP contribution is -2.60. The third kappa shape index (κ3) is 11.5. The molecule has 0 radical (unpaired) electrons. The molecular weight excluding hydrogens is 458 g/mol. The average Bonchev–Trinajstić information content (AvgIpc) is 2.81. The third-order valence-electron chi connectivity index (χ3n) is 6.12. The van der Waals surface area contributed by atoms with E-state index in [-0.39, 0.29) is 18.3 Å². The zero-order valence-corrected chi connectivity index (χ0v) is 22.1. The Morgan fingerprint density at radius 3 is 1.79 bits per heavy atom. The van der Waals surface area contributed by atoms with Gasteiger partial charge in [-0.2, -0.15) is 11.8 Å². The average molecular weight is 504 g/mol. The number of thioether (sulfide) groups is 1. The van der Waals surface area contributed by atoms with Crippen LogP contribution in [0.2, 0.25) is 0 Å². The van der Waals surface area contributed by atoms with E-state index < -0.39 is 47.9 Å². The third-order valence-corrected chi connectivity index (χ3v) is 6.76. The molecule has 0 heterocycles. The van der Waals surface area contributed by atoms with E-state index in [1.165, 1.54) is 11.8 Å². The Hall–Kier alpha value is -1.85. The molecule has 0 rings (SSSR count). The fraction of sp³-hybridized carbons (Fsp3) is 0.826. The number of hydrogen-bond donors (Lipinski definition) is 6. The van der Waals surface area contributed by atoms with Crippen LogP contribution in [0.4, 0.5) is 0 Å². The number of nitrogens with two attached hydrogens (primary N) is 2. The van der Waals surface area contributed by atoms with Crippen LogP contribution in [0.3, 0.4) is 0 Å². The van der Waals surface area contributed by atoms with Gasteiger partial charge in [0.2, 0.25) is 17.7 Å². The summed E-state index contributed by atoms with van der Waals surface area (Å²) in [6.45, 7) is 7.96. The Morgan fingerprint density at radius 2 is 1.35 bits per heavy atom. The van der Waals surface area contributed by atoms with Crippen molar-refractivity contribution in [2.75, 3.05) is 18.6 Å². The van der Waals surface area contributed by atoms with Gasteiger partial charge in [-0.1, -0.05) is 47.0 Å². The molecule has 0 aromatic carbocycles. The van der Waals surface area contributed by atoms with Crippen LogP contribution in [-0.4, -0.2) is 71.5 Å². The van der Waals surface area contributed by atoms with E-state index in [1.807, 2.05) is 34.0 Å². The fourth-order valence-corrected chi connectivity index (χ4v) is 3.77. The topological polar surface area (TPSA) is 177 Å². The van der Waals surface area contributed by atoms with Gasteiger partial charge >= 0.3 is 5.97 Å². The van der Waals surface area contributed by atoms with Gasteiger partial charge in [-0.3, -0.25) is 14.4 Å². The van der Waals surface area contributed by atoms with Gasteiger partial charge in [0.05, 0.1) is 6.04 Å². The number of carboxylic acid groups (broad SMARTS) is 1. The highest BCUT2D eigenvalue weighted by Gasteiger charge is 2.34. The van der Waals surface area contributed by atoms with Gasteiger partial charge in [0, 0.05) is 0 Å². The molecule has 0 aromatic heterocycles. The van der Waals surface area contributed by atoms with Crippen LogP contribution in [0, 0.1) is 11.8 Å². The molecule has 11 heteroatoms. The number of carbonyl (C=O) groups is 4. The van der Waals surface area contributed by atoms with Crippen LogP contribution in [0.15, 0.2) is 0 Å². The molecule has 8 N–H and O–H groups in total. The summed E-state index contributed by atoms with van der Waals surface area (Å²) in [6, 6.07) is -3.60. The van der Waals surface area contributed by atoms with Gasteiger partial charge in [0.15, 0.2) is 0 Å². The van der Waals surface area contributed by atoms with Crippen LogP contribution in [0.5, 0.6) is 0 Å². The molecule has 0 aliphatic carbocycles. The van der Waals surface area contributed by atoms with Crippen LogP contribution < -0.4 is 27.4 Å². The highest BCUT2D eigenvalue weighted by atomic mass is 32.2. The maximum atomic E-state index is 13.2. The van der Waals surface area contributed by atoms with Crippen LogP contribution in [-0.2, 0) is 19.2 Å². The van der Waals surface area contributed by atoms with Gasteiger partial charge in [-0.15, -0.1) is 0 Å². The standard InChI is InChI=1S/C23H45N5O5S/c1-6-14(3)18(21(30)26-17(23(32)33)11-13-34-5)28-22(31)19(15(4)7-2)27-20(29)16(25)10-8-9-12-24/h14-19H,6-13,24-25H2,1-5H3,(H,26,30)(H,27,29)(H,28,31)(H,32,33). The van der Waals surface area contributed by atoms with Crippen molar-refractivity contribution in [3.05, 3.63) is 0 Å². The van der Waals surface area contributed by atoms with Crippen molar-refractivity contribution in [2.45, 2.75) is 90.4 Å². The minimum atomic E-state index is -1.12. The van der Waals surface area contributed by atoms with Gasteiger partial charge < -0.3 is 32.5 Å². The van der Waals surface area contributed by atoms with Crippen molar-refractivity contribution >= 4 is 35.5 Å². The van der Waals surface area contributed by atoms with E-state index in [0.29, 0.717) is 38.0 Å². The SMILES string of the molecule is CCC(C)C(NC(=O)C(N)CCCCN)C(=O)NC(C(=O)NC(CCSC)C(=O)O)C(C)CC. The maximum Gasteiger partial charge on any atom is 0.326 e. The largest absolute Gasteiger partial charge is 0.480 e. The van der Waals surface area contributed by atoms with Crippen LogP contribution in [0.1, 0.15) is 66.2 Å². The summed E-state index contributed by atoms with van der Waals surface area (Å²) in [7, 11) is 0. The first kappa shape index (κ1) is 32.1. The summed E-state index contributed by atoms with van der Waals surface area (Å²) >= 11 is 1.49. The summed E-state index contributed by atoms with van der Waals surface area (Å²) in [6.07, 6.45) is 5.28. The molecule has 6 atom stereocenters. The Labute approximate surface area is 208 Å². The van der Waals surface area contributed by atoms with E-state index in [4.69, 9.17) is 11.5 Å². The Bertz CT molecular complexity index is 651. The second kappa shape index (κ2) is 17.6. The highest BCUT2D eigenvalue weighted by molar-refractivity contribution is 7.98. The van der Waals surface area contributed by atoms with Gasteiger partial charge in [-0.05, 0) is 49.7 Å². The summed E-state index contributed by atoms with van der Waals surface area (Å²) in [5.74, 6) is -2.46. The molecule has 3 amide bonds.